The first-order valence-corrected chi connectivity index (χ1v) is 9.42. The van der Waals surface area contributed by atoms with Gasteiger partial charge in [0.15, 0.2) is 0 Å². The van der Waals surface area contributed by atoms with Crippen LogP contribution in [0.15, 0.2) is 46.9 Å². The molecule has 0 aliphatic heterocycles. The van der Waals surface area contributed by atoms with Crippen molar-refractivity contribution in [2.24, 2.45) is 0 Å². The summed E-state index contributed by atoms with van der Waals surface area (Å²) >= 11 is 0. The molecule has 0 aliphatic carbocycles. The Balaban J connectivity index is 1.72. The number of hydrogen-bond acceptors (Lipinski definition) is 4. The third-order valence-corrected chi connectivity index (χ3v) is 5.55. The molecular formula is C17H24N2O3S. The summed E-state index contributed by atoms with van der Waals surface area (Å²) in [5.41, 5.74) is 1.06. The molecule has 0 saturated carbocycles. The molecule has 1 aromatic heterocycles. The van der Waals surface area contributed by atoms with Gasteiger partial charge in [0, 0.05) is 19.2 Å². The summed E-state index contributed by atoms with van der Waals surface area (Å²) < 4.78 is 30.4. The Bertz CT molecular complexity index is 696. The molecule has 2 rings (SSSR count). The smallest absolute Gasteiger partial charge is 0.213 e. The van der Waals surface area contributed by atoms with Crippen LogP contribution in [0.4, 0.5) is 0 Å². The molecule has 0 saturated heterocycles. The van der Waals surface area contributed by atoms with E-state index in [1.165, 1.54) is 4.31 Å². The van der Waals surface area contributed by atoms with Gasteiger partial charge in [-0.3, -0.25) is 0 Å². The summed E-state index contributed by atoms with van der Waals surface area (Å²) in [7, 11) is -1.46. The van der Waals surface area contributed by atoms with Crippen LogP contribution in [-0.4, -0.2) is 38.6 Å². The van der Waals surface area contributed by atoms with E-state index in [2.05, 4.69) is 5.32 Å². The van der Waals surface area contributed by atoms with Crippen LogP contribution in [0, 0.1) is 0 Å². The highest BCUT2D eigenvalue weighted by molar-refractivity contribution is 7.89. The lowest BCUT2D eigenvalue weighted by Gasteiger charge is -2.15. The first kappa shape index (κ1) is 17.7. The molecule has 1 aromatic carbocycles. The fraction of sp³-hybridized carbons (Fsp3) is 0.412. The van der Waals surface area contributed by atoms with Crippen LogP contribution in [0.1, 0.15) is 19.1 Å². The van der Waals surface area contributed by atoms with Gasteiger partial charge in [-0.2, -0.15) is 0 Å². The molecular weight excluding hydrogens is 312 g/mol. The highest BCUT2D eigenvalue weighted by Gasteiger charge is 2.13. The molecule has 0 amide bonds. The minimum atomic E-state index is -3.08. The van der Waals surface area contributed by atoms with Crippen molar-refractivity contribution in [3.05, 3.63) is 48.2 Å². The van der Waals surface area contributed by atoms with E-state index in [0.717, 1.165) is 30.0 Å². The van der Waals surface area contributed by atoms with E-state index in [4.69, 9.17) is 4.42 Å². The SMILES string of the molecule is CCS(=O)(=O)N(C)CCCNCc1ccc(-c2ccccc2)o1. The third kappa shape index (κ3) is 5.20. The van der Waals surface area contributed by atoms with Gasteiger partial charge in [-0.25, -0.2) is 12.7 Å². The van der Waals surface area contributed by atoms with Gasteiger partial charge in [0.2, 0.25) is 10.0 Å². The van der Waals surface area contributed by atoms with Crippen molar-refractivity contribution >= 4 is 10.0 Å². The fourth-order valence-corrected chi connectivity index (χ4v) is 3.08. The maximum atomic E-state index is 11.6. The molecule has 23 heavy (non-hydrogen) atoms. The molecule has 0 atom stereocenters. The Hall–Kier alpha value is -1.63. The van der Waals surface area contributed by atoms with E-state index in [-0.39, 0.29) is 5.75 Å². The summed E-state index contributed by atoms with van der Waals surface area (Å²) in [6.45, 7) is 3.56. The number of rotatable bonds is 9. The Morgan fingerprint density at radius 3 is 2.57 bits per heavy atom. The van der Waals surface area contributed by atoms with Gasteiger partial charge in [-0.1, -0.05) is 30.3 Å². The van der Waals surface area contributed by atoms with E-state index < -0.39 is 10.0 Å². The topological polar surface area (TPSA) is 62.6 Å². The Morgan fingerprint density at radius 1 is 1.13 bits per heavy atom. The quantitative estimate of drug-likeness (QED) is 0.715. The fourth-order valence-electron chi connectivity index (χ4n) is 2.23. The standard InChI is InChI=1S/C17H24N2O3S/c1-3-23(20,21)19(2)13-7-12-18-14-16-10-11-17(22-16)15-8-5-4-6-9-15/h4-6,8-11,18H,3,7,12-14H2,1-2H3. The van der Waals surface area contributed by atoms with Crippen LogP contribution in [0.25, 0.3) is 11.3 Å². The first-order valence-electron chi connectivity index (χ1n) is 7.82. The van der Waals surface area contributed by atoms with Crippen molar-refractivity contribution in [3.63, 3.8) is 0 Å². The van der Waals surface area contributed by atoms with Gasteiger partial charge in [0.05, 0.1) is 12.3 Å². The number of nitrogens with one attached hydrogen (secondary N) is 1. The highest BCUT2D eigenvalue weighted by atomic mass is 32.2. The number of benzene rings is 1. The van der Waals surface area contributed by atoms with Crippen LogP contribution < -0.4 is 5.32 Å². The molecule has 6 heteroatoms. The van der Waals surface area contributed by atoms with E-state index >= 15 is 0 Å². The van der Waals surface area contributed by atoms with Crippen molar-refractivity contribution in [3.8, 4) is 11.3 Å². The lowest BCUT2D eigenvalue weighted by atomic mass is 10.2. The number of sulfonamides is 1. The van der Waals surface area contributed by atoms with Gasteiger partial charge in [0.25, 0.3) is 0 Å². The van der Waals surface area contributed by atoms with Gasteiger partial charge in [-0.15, -0.1) is 0 Å². The summed E-state index contributed by atoms with van der Waals surface area (Å²) in [6, 6.07) is 13.9. The Morgan fingerprint density at radius 2 is 1.87 bits per heavy atom. The third-order valence-electron chi connectivity index (χ3n) is 3.69. The van der Waals surface area contributed by atoms with E-state index in [1.54, 1.807) is 14.0 Å². The van der Waals surface area contributed by atoms with Crippen LogP contribution in [0.2, 0.25) is 0 Å². The molecule has 0 bridgehead atoms. The van der Waals surface area contributed by atoms with Crippen LogP contribution in [0.3, 0.4) is 0 Å². The second kappa shape index (κ2) is 8.29. The van der Waals surface area contributed by atoms with Crippen molar-refractivity contribution in [2.45, 2.75) is 19.9 Å². The van der Waals surface area contributed by atoms with E-state index in [9.17, 15) is 8.42 Å². The molecule has 0 radical (unpaired) electrons. The lowest BCUT2D eigenvalue weighted by molar-refractivity contribution is 0.445. The molecule has 0 spiro atoms. The van der Waals surface area contributed by atoms with Crippen LogP contribution >= 0.6 is 0 Å². The minimum Gasteiger partial charge on any atom is -0.460 e. The summed E-state index contributed by atoms with van der Waals surface area (Å²) in [5.74, 6) is 1.88. The zero-order valence-electron chi connectivity index (χ0n) is 13.7. The number of nitrogens with zero attached hydrogens (tertiary/aromatic N) is 1. The highest BCUT2D eigenvalue weighted by Crippen LogP contribution is 2.21. The molecule has 0 unspecified atom stereocenters. The second-order valence-electron chi connectivity index (χ2n) is 5.38. The molecule has 0 aliphatic rings. The van der Waals surface area contributed by atoms with E-state index in [0.29, 0.717) is 13.1 Å². The average molecular weight is 336 g/mol. The maximum Gasteiger partial charge on any atom is 0.213 e. The zero-order chi connectivity index (χ0) is 16.7. The Labute approximate surface area is 138 Å². The minimum absolute atomic E-state index is 0.144. The van der Waals surface area contributed by atoms with Crippen molar-refractivity contribution in [1.82, 2.24) is 9.62 Å². The molecule has 5 nitrogen and oxygen atoms in total. The van der Waals surface area contributed by atoms with Crippen molar-refractivity contribution in [1.29, 1.82) is 0 Å². The summed E-state index contributed by atoms with van der Waals surface area (Å²) in [6.07, 6.45) is 0.766. The molecule has 1 heterocycles. The van der Waals surface area contributed by atoms with Crippen molar-refractivity contribution < 1.29 is 12.8 Å². The monoisotopic (exact) mass is 336 g/mol. The first-order chi connectivity index (χ1) is 11.0. The summed E-state index contributed by atoms with van der Waals surface area (Å²) in [4.78, 5) is 0. The molecule has 2 aromatic rings. The molecule has 0 fully saturated rings. The van der Waals surface area contributed by atoms with Gasteiger partial charge < -0.3 is 9.73 Å². The predicted molar refractivity (Wildman–Crippen MR) is 92.6 cm³/mol. The Kier molecular flexibility index (Phi) is 6.38. The van der Waals surface area contributed by atoms with Gasteiger partial charge in [0.1, 0.15) is 11.5 Å². The van der Waals surface area contributed by atoms with Crippen LogP contribution in [-0.2, 0) is 16.6 Å². The zero-order valence-corrected chi connectivity index (χ0v) is 14.5. The second-order valence-corrected chi connectivity index (χ2v) is 7.75. The van der Waals surface area contributed by atoms with Crippen molar-refractivity contribution in [2.75, 3.05) is 25.9 Å². The van der Waals surface area contributed by atoms with Crippen LogP contribution in [0.5, 0.6) is 0 Å². The van der Waals surface area contributed by atoms with Gasteiger partial charge in [-0.05, 0) is 32.0 Å². The summed E-state index contributed by atoms with van der Waals surface area (Å²) in [5, 5.41) is 3.28. The lowest BCUT2D eigenvalue weighted by Crippen LogP contribution is -2.31. The molecule has 1 N–H and O–H groups in total. The maximum absolute atomic E-state index is 11.6. The number of furan rings is 1. The average Bonchev–Trinajstić information content (AvgIpc) is 3.04. The largest absolute Gasteiger partial charge is 0.460 e. The normalized spacial score (nSPS) is 12.0. The van der Waals surface area contributed by atoms with Gasteiger partial charge >= 0.3 is 0 Å². The predicted octanol–water partition coefficient (Wildman–Crippen LogP) is 2.71. The molecule has 126 valence electrons. The van der Waals surface area contributed by atoms with E-state index in [1.807, 2.05) is 42.5 Å². The number of hydrogen-bond donors (Lipinski definition) is 1.